The molecule has 1 aliphatic rings. The van der Waals surface area contributed by atoms with E-state index in [1.165, 1.54) is 6.42 Å². The van der Waals surface area contributed by atoms with E-state index in [4.69, 9.17) is 9.47 Å². The van der Waals surface area contributed by atoms with Crippen LogP contribution in [0.4, 0.5) is 4.79 Å². The van der Waals surface area contributed by atoms with Crippen molar-refractivity contribution in [1.82, 2.24) is 10.2 Å². The van der Waals surface area contributed by atoms with Crippen LogP contribution in [-0.4, -0.2) is 55.5 Å². The van der Waals surface area contributed by atoms with Crippen molar-refractivity contribution in [2.75, 3.05) is 32.8 Å². The minimum absolute atomic E-state index is 0.171. The van der Waals surface area contributed by atoms with E-state index in [1.807, 2.05) is 32.6 Å². The average Bonchev–Trinajstić information content (AvgIpc) is 2.43. The summed E-state index contributed by atoms with van der Waals surface area (Å²) < 4.78 is 10.9. The molecule has 130 valence electrons. The van der Waals surface area contributed by atoms with Crippen molar-refractivity contribution in [3.63, 3.8) is 0 Å². The summed E-state index contributed by atoms with van der Waals surface area (Å²) >= 11 is 0. The molecule has 0 bridgehead atoms. The number of rotatable bonds is 7. The van der Waals surface area contributed by atoms with Crippen molar-refractivity contribution >= 4 is 6.09 Å². The lowest BCUT2D eigenvalue weighted by molar-refractivity contribution is 0.0161. The maximum atomic E-state index is 12.1. The molecule has 0 aromatic rings. The Balaban J connectivity index is 2.27. The van der Waals surface area contributed by atoms with E-state index in [1.54, 1.807) is 0 Å². The fraction of sp³-hybridized carbons (Fsp3) is 0.941. The zero-order valence-electron chi connectivity index (χ0n) is 15.0. The van der Waals surface area contributed by atoms with E-state index < -0.39 is 5.60 Å². The molecule has 0 aromatic carbocycles. The van der Waals surface area contributed by atoms with Gasteiger partial charge in [-0.3, -0.25) is 0 Å². The van der Waals surface area contributed by atoms with Crippen LogP contribution in [0.25, 0.3) is 0 Å². The van der Waals surface area contributed by atoms with Gasteiger partial charge in [-0.2, -0.15) is 0 Å². The van der Waals surface area contributed by atoms with Crippen molar-refractivity contribution in [3.8, 4) is 0 Å². The minimum atomic E-state index is -0.416. The highest BCUT2D eigenvalue weighted by atomic mass is 16.6. The molecule has 1 amide bonds. The van der Waals surface area contributed by atoms with Crippen LogP contribution in [0.1, 0.15) is 53.9 Å². The van der Waals surface area contributed by atoms with Crippen LogP contribution in [0.3, 0.4) is 0 Å². The molecule has 1 fully saturated rings. The molecule has 5 nitrogen and oxygen atoms in total. The van der Waals surface area contributed by atoms with Gasteiger partial charge in [0.25, 0.3) is 0 Å². The zero-order valence-corrected chi connectivity index (χ0v) is 15.0. The summed E-state index contributed by atoms with van der Waals surface area (Å²) in [7, 11) is 0. The van der Waals surface area contributed by atoms with Crippen LogP contribution >= 0.6 is 0 Å². The molecule has 1 saturated heterocycles. The lowest BCUT2D eigenvalue weighted by atomic mass is 9.95. The largest absolute Gasteiger partial charge is 0.444 e. The first-order valence-corrected chi connectivity index (χ1v) is 8.61. The Bertz CT molecular complexity index is 328. The minimum Gasteiger partial charge on any atom is -0.444 e. The Hall–Kier alpha value is -0.810. The summed E-state index contributed by atoms with van der Waals surface area (Å²) in [4.78, 5) is 14.0. The number of likely N-dealkylation sites (tertiary alicyclic amines) is 1. The van der Waals surface area contributed by atoms with Crippen molar-refractivity contribution in [1.29, 1.82) is 0 Å². The Labute approximate surface area is 135 Å². The molecule has 1 N–H and O–H groups in total. The Morgan fingerprint density at radius 1 is 1.41 bits per heavy atom. The molecular formula is C17H34N2O3. The van der Waals surface area contributed by atoms with Crippen molar-refractivity contribution in [2.24, 2.45) is 5.92 Å². The smallest absolute Gasteiger partial charge is 0.410 e. The van der Waals surface area contributed by atoms with Crippen LogP contribution in [0.2, 0.25) is 0 Å². The van der Waals surface area contributed by atoms with Crippen molar-refractivity contribution < 1.29 is 14.3 Å². The lowest BCUT2D eigenvalue weighted by Gasteiger charge is -2.34. The highest BCUT2D eigenvalue weighted by Crippen LogP contribution is 2.21. The van der Waals surface area contributed by atoms with Gasteiger partial charge in [0.15, 0.2) is 0 Å². The van der Waals surface area contributed by atoms with Gasteiger partial charge < -0.3 is 19.7 Å². The zero-order chi connectivity index (χ0) is 16.6. The molecule has 2 unspecified atom stereocenters. The number of hydrogen-bond donors (Lipinski definition) is 1. The number of carbonyl (C=O) groups excluding carboxylic acids is 1. The molecule has 1 aliphatic heterocycles. The van der Waals surface area contributed by atoms with Gasteiger partial charge >= 0.3 is 6.09 Å². The normalized spacial score (nSPS) is 20.8. The number of ether oxygens (including phenoxy) is 2. The van der Waals surface area contributed by atoms with Crippen LogP contribution in [0.15, 0.2) is 0 Å². The molecule has 2 atom stereocenters. The summed E-state index contributed by atoms with van der Waals surface area (Å²) in [5.41, 5.74) is -0.416. The van der Waals surface area contributed by atoms with Gasteiger partial charge in [0.2, 0.25) is 0 Å². The topological polar surface area (TPSA) is 50.8 Å². The van der Waals surface area contributed by atoms with E-state index in [9.17, 15) is 4.79 Å². The highest BCUT2D eigenvalue weighted by Gasteiger charge is 2.27. The van der Waals surface area contributed by atoms with E-state index in [0.717, 1.165) is 45.7 Å². The Morgan fingerprint density at radius 3 is 2.77 bits per heavy atom. The summed E-state index contributed by atoms with van der Waals surface area (Å²) in [6, 6.07) is 0.380. The molecule has 0 aromatic heterocycles. The second kappa shape index (κ2) is 9.36. The molecule has 0 saturated carbocycles. The molecule has 1 rings (SSSR count). The van der Waals surface area contributed by atoms with Crippen molar-refractivity contribution in [3.05, 3.63) is 0 Å². The van der Waals surface area contributed by atoms with E-state index in [-0.39, 0.29) is 6.09 Å². The Morgan fingerprint density at radius 2 is 2.14 bits per heavy atom. The van der Waals surface area contributed by atoms with Gasteiger partial charge in [0, 0.05) is 25.7 Å². The number of piperidine rings is 1. The van der Waals surface area contributed by atoms with Crippen LogP contribution < -0.4 is 5.32 Å². The quantitative estimate of drug-likeness (QED) is 0.785. The number of amides is 1. The Kier molecular flexibility index (Phi) is 8.18. The number of nitrogens with one attached hydrogen (secondary N) is 1. The third-order valence-electron chi connectivity index (χ3n) is 3.79. The molecule has 1 heterocycles. The number of nitrogens with zero attached hydrogens (tertiary/aromatic N) is 1. The van der Waals surface area contributed by atoms with E-state index in [2.05, 4.69) is 12.2 Å². The molecule has 0 radical (unpaired) electrons. The molecular weight excluding hydrogens is 280 g/mol. The maximum Gasteiger partial charge on any atom is 0.410 e. The molecule has 5 heteroatoms. The van der Waals surface area contributed by atoms with Crippen LogP contribution in [0.5, 0.6) is 0 Å². The predicted molar refractivity (Wildman–Crippen MR) is 89.1 cm³/mol. The standard InChI is InChI=1S/C17H34N2O3/c1-6-21-13-14(2)18-10-9-15-8-7-11-19(12-15)16(20)22-17(3,4)5/h14-15,18H,6-13H2,1-5H3. The predicted octanol–water partition coefficient (Wildman–Crippen LogP) is 3.04. The van der Waals surface area contributed by atoms with Gasteiger partial charge in [-0.1, -0.05) is 0 Å². The first-order chi connectivity index (χ1) is 10.3. The van der Waals surface area contributed by atoms with Gasteiger partial charge in [-0.25, -0.2) is 4.79 Å². The summed E-state index contributed by atoms with van der Waals surface area (Å²) in [6.07, 6.45) is 3.18. The number of hydrogen-bond acceptors (Lipinski definition) is 4. The summed E-state index contributed by atoms with van der Waals surface area (Å²) in [6.45, 7) is 14.0. The molecule has 0 spiro atoms. The van der Waals surface area contributed by atoms with Gasteiger partial charge in [-0.05, 0) is 66.3 Å². The summed E-state index contributed by atoms with van der Waals surface area (Å²) in [5.74, 6) is 0.563. The monoisotopic (exact) mass is 314 g/mol. The van der Waals surface area contributed by atoms with E-state index in [0.29, 0.717) is 12.0 Å². The third kappa shape index (κ3) is 7.99. The maximum absolute atomic E-state index is 12.1. The number of carbonyl (C=O) groups is 1. The SMILES string of the molecule is CCOCC(C)NCCC1CCCN(C(=O)OC(C)(C)C)C1. The highest BCUT2D eigenvalue weighted by molar-refractivity contribution is 5.68. The van der Waals surface area contributed by atoms with Crippen LogP contribution in [0, 0.1) is 5.92 Å². The van der Waals surface area contributed by atoms with Gasteiger partial charge in [0.1, 0.15) is 5.60 Å². The van der Waals surface area contributed by atoms with E-state index >= 15 is 0 Å². The summed E-state index contributed by atoms with van der Waals surface area (Å²) in [5, 5.41) is 3.49. The first kappa shape index (κ1) is 19.2. The molecule has 0 aliphatic carbocycles. The molecule has 22 heavy (non-hydrogen) atoms. The fourth-order valence-corrected chi connectivity index (χ4v) is 2.68. The van der Waals surface area contributed by atoms with Gasteiger partial charge in [0.05, 0.1) is 6.61 Å². The van der Waals surface area contributed by atoms with Gasteiger partial charge in [-0.15, -0.1) is 0 Å². The first-order valence-electron chi connectivity index (χ1n) is 8.61. The second-order valence-electron chi connectivity index (χ2n) is 7.24. The second-order valence-corrected chi connectivity index (χ2v) is 7.24. The van der Waals surface area contributed by atoms with Crippen LogP contribution in [-0.2, 0) is 9.47 Å². The fourth-order valence-electron chi connectivity index (χ4n) is 2.68. The lowest BCUT2D eigenvalue weighted by Crippen LogP contribution is -2.43. The average molecular weight is 314 g/mol. The van der Waals surface area contributed by atoms with Crippen molar-refractivity contribution in [2.45, 2.75) is 65.5 Å². The third-order valence-corrected chi connectivity index (χ3v) is 3.79.